The molecule has 94 heavy (non-hydrogen) atoms. The molecule has 504 valence electrons. The Morgan fingerprint density at radius 3 is 1.77 bits per heavy atom. The monoisotopic (exact) mass is 1330 g/mol. The molecule has 7 rings (SSSR count). The number of carboxylic acid groups (broad SMARTS) is 1. The minimum atomic E-state index is -1.83. The smallest absolute Gasteiger partial charge is 0.408 e. The van der Waals surface area contributed by atoms with Gasteiger partial charge in [0.2, 0.25) is 41.4 Å². The molecule has 3 heterocycles. The van der Waals surface area contributed by atoms with Crippen molar-refractivity contribution >= 4 is 103 Å². The molecule has 0 radical (unpaired) electrons. The number of carbonyl (C=O) groups is 10. The van der Waals surface area contributed by atoms with Crippen LogP contribution in [0.4, 0.5) is 9.59 Å². The second-order valence-electron chi connectivity index (χ2n) is 24.8. The van der Waals surface area contributed by atoms with Gasteiger partial charge >= 0.3 is 18.2 Å². The molecule has 26 nitrogen and oxygen atoms in total. The number of alkyl carbamates (subject to hydrolysis) is 2. The lowest BCUT2D eigenvalue weighted by molar-refractivity contribution is -0.142. The molecule has 9 amide bonds. The van der Waals surface area contributed by atoms with Crippen molar-refractivity contribution in [2.45, 2.75) is 159 Å². The van der Waals surface area contributed by atoms with Crippen molar-refractivity contribution in [2.24, 2.45) is 0 Å². The number of aromatic nitrogens is 2. The summed E-state index contributed by atoms with van der Waals surface area (Å²) in [6.45, 7) is 11.3. The molecule has 1 aliphatic rings. The molecule has 9 atom stereocenters. The minimum absolute atomic E-state index is 0.0787. The van der Waals surface area contributed by atoms with E-state index in [-0.39, 0.29) is 68.7 Å². The van der Waals surface area contributed by atoms with Crippen molar-refractivity contribution in [2.75, 3.05) is 18.1 Å². The highest BCUT2D eigenvalue weighted by atomic mass is 33.1. The summed E-state index contributed by atoms with van der Waals surface area (Å²) in [5.74, 6) is -8.92. The van der Waals surface area contributed by atoms with E-state index in [2.05, 4.69) is 57.8 Å². The van der Waals surface area contributed by atoms with Crippen molar-refractivity contribution in [1.82, 2.24) is 57.8 Å². The maximum atomic E-state index is 15.2. The number of hydrogen-bond acceptors (Lipinski definition) is 16. The third-order valence-corrected chi connectivity index (χ3v) is 17.3. The van der Waals surface area contributed by atoms with E-state index in [9.17, 15) is 48.9 Å². The number of phenols is 1. The highest BCUT2D eigenvalue weighted by Gasteiger charge is 2.38. The van der Waals surface area contributed by atoms with Crippen LogP contribution >= 0.6 is 21.6 Å². The Hall–Kier alpha value is -9.28. The largest absolute Gasteiger partial charge is 0.508 e. The summed E-state index contributed by atoms with van der Waals surface area (Å²) < 4.78 is 10.9. The molecule has 4 aromatic carbocycles. The molecule has 0 unspecified atom stereocenters. The van der Waals surface area contributed by atoms with E-state index in [0.29, 0.717) is 44.1 Å². The van der Waals surface area contributed by atoms with Gasteiger partial charge in [-0.05, 0) is 114 Å². The first kappa shape index (κ1) is 72.2. The van der Waals surface area contributed by atoms with Gasteiger partial charge in [0.05, 0.1) is 6.10 Å². The maximum Gasteiger partial charge on any atom is 0.408 e. The summed E-state index contributed by atoms with van der Waals surface area (Å²) in [4.78, 5) is 149. The zero-order valence-corrected chi connectivity index (χ0v) is 54.9. The molecule has 1 fully saturated rings. The zero-order valence-electron chi connectivity index (χ0n) is 53.3. The molecule has 6 aromatic rings. The van der Waals surface area contributed by atoms with Gasteiger partial charge < -0.3 is 82.6 Å². The number of rotatable bonds is 20. The van der Waals surface area contributed by atoms with Crippen LogP contribution in [0.2, 0.25) is 0 Å². The number of H-pyrrole nitrogens is 2. The lowest BCUT2D eigenvalue weighted by atomic mass is 10.0. The Bertz CT molecular complexity index is 3630. The zero-order chi connectivity index (χ0) is 68.3. The SMILES string of the molecule is C[C@@H](O)[C@@H]1NC(=O)[C@H](CCCCNC(=O)OC(C)(C)C)NC(=O)[C@@H](Cc2c[nH]c3ccccc23)NC(=O)[C@H](Cc2ccc(O)cc2)NC(=O)[C@@H](NC(=O)[C@@H](Cc2ccccc2)NC(=O)OC(C)(C)C)CSSC[C@@H](C(=O)N[C@@H](Cc2c[nH]c3ccccc23)C(=O)O)NC1=O. The normalized spacial score (nSPS) is 19.9. The average Bonchev–Trinajstić information content (AvgIpc) is 1.65. The van der Waals surface area contributed by atoms with Gasteiger partial charge in [0.25, 0.3) is 0 Å². The number of carboxylic acids is 1. The third kappa shape index (κ3) is 22.2. The fraction of sp³-hybridized carbons (Fsp3) is 0.424. The summed E-state index contributed by atoms with van der Waals surface area (Å²) in [5.41, 5.74) is 1.78. The van der Waals surface area contributed by atoms with Crippen molar-refractivity contribution in [3.63, 3.8) is 0 Å². The first-order valence-electron chi connectivity index (χ1n) is 30.8. The average molecular weight is 1330 g/mol. The number of aromatic hydroxyl groups is 1. The van der Waals surface area contributed by atoms with Gasteiger partial charge in [-0.15, -0.1) is 0 Å². The number of aliphatic hydroxyl groups is 1. The van der Waals surface area contributed by atoms with E-state index in [1.807, 2.05) is 0 Å². The standard InChI is InChI=1S/C66H83N11O15S2/c1-37(78)54-61(86)75-53(60(85)73-51(62(87)88)32-41-34-69-46-22-14-12-20-44(41)46)36-94-93-35-52(74-57(82)49(29-38-17-9-8-10-18-38)76-64(90)92-66(5,6)7)59(84)71-48(30-39-24-26-42(79)27-25-39)56(81)72-50(31-40-33-68-45-21-13-11-19-43(40)45)58(83)70-47(55(80)77-54)23-15-16-28-67-63(89)91-65(2,3)4/h8-14,17-22,24-27,33-34,37,47-54,68-69,78-79H,15-16,23,28-32,35-36H2,1-7H3,(H,67,89)(H,70,83)(H,71,84)(H,72,81)(H,73,85)(H,74,82)(H,75,86)(H,76,90)(H,77,80)(H,87,88)/t37-,47+,48+,49-,50-,51+,52+,53+,54+/m1/s1. The Morgan fingerprint density at radius 2 is 1.14 bits per heavy atom. The third-order valence-electron chi connectivity index (χ3n) is 14.8. The van der Waals surface area contributed by atoms with Gasteiger partial charge in [-0.2, -0.15) is 0 Å². The molecule has 0 saturated carbocycles. The number of carbonyl (C=O) groups excluding carboxylic acids is 9. The molecule has 1 saturated heterocycles. The molecular weight excluding hydrogens is 1250 g/mol. The first-order valence-corrected chi connectivity index (χ1v) is 33.2. The van der Waals surface area contributed by atoms with Crippen LogP contribution in [0.15, 0.2) is 116 Å². The van der Waals surface area contributed by atoms with Gasteiger partial charge in [0.1, 0.15) is 65.3 Å². The van der Waals surface area contributed by atoms with Crippen LogP contribution in [0.25, 0.3) is 21.8 Å². The number of fused-ring (bicyclic) bond motifs is 2. The number of unbranched alkanes of at least 4 members (excludes halogenated alkanes) is 1. The molecule has 14 N–H and O–H groups in total. The van der Waals surface area contributed by atoms with Crippen LogP contribution in [0.1, 0.15) is 90.0 Å². The fourth-order valence-corrected chi connectivity index (χ4v) is 12.5. The number of ether oxygens (including phenoxy) is 2. The van der Waals surface area contributed by atoms with Crippen LogP contribution in [-0.4, -0.2) is 168 Å². The Morgan fingerprint density at radius 1 is 0.585 bits per heavy atom. The Balaban J connectivity index is 1.29. The number of aliphatic hydroxyl groups excluding tert-OH is 1. The number of nitrogens with one attached hydrogen (secondary N) is 11. The summed E-state index contributed by atoms with van der Waals surface area (Å²) in [6, 6.07) is 16.2. The van der Waals surface area contributed by atoms with Gasteiger partial charge in [-0.25, -0.2) is 14.4 Å². The number of aromatic amines is 2. The van der Waals surface area contributed by atoms with Crippen molar-refractivity contribution in [3.05, 3.63) is 138 Å². The Kier molecular flexibility index (Phi) is 25.7. The Labute approximate surface area is 551 Å². The van der Waals surface area contributed by atoms with Crippen molar-refractivity contribution in [3.8, 4) is 5.75 Å². The van der Waals surface area contributed by atoms with Crippen LogP contribution in [0, 0.1) is 0 Å². The lowest BCUT2D eigenvalue weighted by Gasteiger charge is -2.29. The van der Waals surface area contributed by atoms with E-state index in [4.69, 9.17) is 9.47 Å². The van der Waals surface area contributed by atoms with Crippen molar-refractivity contribution in [1.29, 1.82) is 0 Å². The first-order chi connectivity index (χ1) is 44.6. The molecule has 2 aromatic heterocycles. The molecular formula is C66H83N11O15S2. The number of hydrogen-bond donors (Lipinski definition) is 14. The van der Waals surface area contributed by atoms with Crippen LogP contribution < -0.4 is 47.9 Å². The van der Waals surface area contributed by atoms with E-state index in [1.165, 1.54) is 31.2 Å². The second-order valence-corrected chi connectivity index (χ2v) is 27.4. The number of aliphatic carboxylic acids is 1. The van der Waals surface area contributed by atoms with E-state index < -0.39 is 125 Å². The number of para-hydroxylation sites is 2. The molecule has 1 aliphatic heterocycles. The topological polar surface area (TPSA) is 390 Å². The van der Waals surface area contributed by atoms with Gasteiger partial charge in [-0.1, -0.05) is 100 Å². The lowest BCUT2D eigenvalue weighted by Crippen LogP contribution is -2.62. The van der Waals surface area contributed by atoms with Crippen molar-refractivity contribution < 1.29 is 72.7 Å². The van der Waals surface area contributed by atoms with Gasteiger partial charge in [0, 0.05) is 77.9 Å². The predicted molar refractivity (Wildman–Crippen MR) is 355 cm³/mol. The summed E-state index contributed by atoms with van der Waals surface area (Å²) >= 11 is 0. The summed E-state index contributed by atoms with van der Waals surface area (Å²) in [7, 11) is 1.84. The molecule has 0 aliphatic carbocycles. The summed E-state index contributed by atoms with van der Waals surface area (Å²) in [6.07, 6.45) is -0.544. The van der Waals surface area contributed by atoms with Crippen LogP contribution in [0.5, 0.6) is 5.75 Å². The molecule has 28 heteroatoms. The minimum Gasteiger partial charge on any atom is -0.508 e. The van der Waals surface area contributed by atoms with E-state index in [1.54, 1.807) is 133 Å². The predicted octanol–water partition coefficient (Wildman–Crippen LogP) is 4.47. The highest BCUT2D eigenvalue weighted by Crippen LogP contribution is 2.26. The number of phenolic OH excluding ortho intramolecular Hbond substituents is 1. The second kappa shape index (κ2) is 33.5. The van der Waals surface area contributed by atoms with Crippen LogP contribution in [0.3, 0.4) is 0 Å². The number of amides is 9. The quantitative estimate of drug-likeness (QED) is 0.0370. The maximum absolute atomic E-state index is 15.2. The van der Waals surface area contributed by atoms with E-state index >= 15 is 14.4 Å². The molecule has 0 bridgehead atoms. The highest BCUT2D eigenvalue weighted by molar-refractivity contribution is 8.76. The van der Waals surface area contributed by atoms with Gasteiger partial charge in [0.15, 0.2) is 0 Å². The van der Waals surface area contributed by atoms with E-state index in [0.717, 1.165) is 21.6 Å². The number of benzene rings is 4. The molecule has 0 spiro atoms. The van der Waals surface area contributed by atoms with Crippen LogP contribution in [-0.2, 0) is 73.5 Å². The fourth-order valence-electron chi connectivity index (χ4n) is 10.2. The summed E-state index contributed by atoms with van der Waals surface area (Å²) in [5, 5.41) is 57.4. The van der Waals surface area contributed by atoms with Gasteiger partial charge in [-0.3, -0.25) is 33.6 Å².